The van der Waals surface area contributed by atoms with Crippen molar-refractivity contribution < 1.29 is 14.6 Å². The van der Waals surface area contributed by atoms with E-state index < -0.39 is 0 Å². The van der Waals surface area contributed by atoms with E-state index in [1.807, 2.05) is 25.1 Å². The zero-order valence-electron chi connectivity index (χ0n) is 15.1. The molecule has 0 spiro atoms. The molecule has 2 aromatic carbocycles. The Morgan fingerprint density at radius 3 is 2.44 bits per heavy atom. The molecule has 2 N–H and O–H groups in total. The Morgan fingerprint density at radius 1 is 1.11 bits per heavy atom. The largest absolute Gasteiger partial charge is 0.493 e. The zero-order valence-corrected chi connectivity index (χ0v) is 18.2. The summed E-state index contributed by atoms with van der Waals surface area (Å²) in [5, 5.41) is 14.1. The molecule has 0 saturated heterocycles. The fourth-order valence-electron chi connectivity index (χ4n) is 2.40. The molecule has 0 heterocycles. The van der Waals surface area contributed by atoms with Crippen molar-refractivity contribution in [1.82, 2.24) is 5.32 Å². The summed E-state index contributed by atoms with van der Waals surface area (Å²) in [7, 11) is 1.56. The normalized spacial score (nSPS) is 11.6. The van der Waals surface area contributed by atoms with Gasteiger partial charge in [0.15, 0.2) is 11.5 Å². The molecule has 0 amide bonds. The second-order valence-corrected chi connectivity index (χ2v) is 7.05. The predicted octanol–water partition coefficient (Wildman–Crippen LogP) is 5.52. The van der Waals surface area contributed by atoms with E-state index in [0.717, 1.165) is 17.5 Å². The van der Waals surface area contributed by atoms with Crippen molar-refractivity contribution in [3.8, 4) is 11.5 Å². The minimum absolute atomic E-state index is 0. The summed E-state index contributed by atoms with van der Waals surface area (Å²) in [6.07, 6.45) is 0.838. The molecule has 0 aliphatic rings. The van der Waals surface area contributed by atoms with Gasteiger partial charge in [0.2, 0.25) is 0 Å². The second-order valence-electron chi connectivity index (χ2n) is 5.80. The standard InChI is InChI=1S/C19H22Cl3NO3.ClH/c1-3-15(10-24)23-9-12-6-17(22)19(18(7-12)25-2)26-11-13-4-5-14(20)8-16(13)21;/h4-8,15,23-24H,3,9-11H2,1-2H3;1H. The highest BCUT2D eigenvalue weighted by Crippen LogP contribution is 2.37. The van der Waals surface area contributed by atoms with Gasteiger partial charge in [-0.15, -0.1) is 12.4 Å². The van der Waals surface area contributed by atoms with Crippen LogP contribution in [-0.2, 0) is 13.2 Å². The van der Waals surface area contributed by atoms with Gasteiger partial charge in [0, 0.05) is 28.2 Å². The highest BCUT2D eigenvalue weighted by molar-refractivity contribution is 6.35. The van der Waals surface area contributed by atoms with Crippen LogP contribution in [0.25, 0.3) is 0 Å². The molecular weight excluding hydrogens is 432 g/mol. The first-order valence-corrected chi connectivity index (χ1v) is 9.39. The van der Waals surface area contributed by atoms with Crippen LogP contribution in [0.15, 0.2) is 30.3 Å². The number of rotatable bonds is 9. The van der Waals surface area contributed by atoms with E-state index in [1.54, 1.807) is 19.2 Å². The first-order chi connectivity index (χ1) is 12.5. The molecule has 150 valence electrons. The number of benzene rings is 2. The molecule has 8 heteroatoms. The minimum Gasteiger partial charge on any atom is -0.493 e. The van der Waals surface area contributed by atoms with E-state index in [4.69, 9.17) is 44.3 Å². The highest BCUT2D eigenvalue weighted by atomic mass is 35.5. The van der Waals surface area contributed by atoms with Crippen molar-refractivity contribution in [2.45, 2.75) is 32.5 Å². The van der Waals surface area contributed by atoms with Crippen LogP contribution < -0.4 is 14.8 Å². The van der Waals surface area contributed by atoms with E-state index in [-0.39, 0.29) is 31.7 Å². The van der Waals surface area contributed by atoms with Crippen molar-refractivity contribution >= 4 is 47.2 Å². The van der Waals surface area contributed by atoms with Crippen LogP contribution in [0.4, 0.5) is 0 Å². The van der Waals surface area contributed by atoms with E-state index in [1.165, 1.54) is 0 Å². The van der Waals surface area contributed by atoms with E-state index in [2.05, 4.69) is 5.32 Å². The third kappa shape index (κ3) is 6.90. The molecule has 0 saturated carbocycles. The smallest absolute Gasteiger partial charge is 0.180 e. The monoisotopic (exact) mass is 453 g/mol. The van der Waals surface area contributed by atoms with Gasteiger partial charge in [-0.1, -0.05) is 47.8 Å². The summed E-state index contributed by atoms with van der Waals surface area (Å²) in [6.45, 7) is 2.91. The van der Waals surface area contributed by atoms with Crippen molar-refractivity contribution in [3.63, 3.8) is 0 Å². The average molecular weight is 455 g/mol. The number of nitrogens with one attached hydrogen (secondary N) is 1. The van der Waals surface area contributed by atoms with Gasteiger partial charge < -0.3 is 19.9 Å². The molecular formula is C19H23Cl4NO3. The maximum atomic E-state index is 9.27. The van der Waals surface area contributed by atoms with Crippen molar-refractivity contribution in [1.29, 1.82) is 0 Å². The number of methoxy groups -OCH3 is 1. The molecule has 1 atom stereocenters. The number of ether oxygens (including phenoxy) is 2. The molecule has 2 rings (SSSR count). The van der Waals surface area contributed by atoms with E-state index in [0.29, 0.717) is 33.1 Å². The Bertz CT molecular complexity index is 739. The van der Waals surface area contributed by atoms with Gasteiger partial charge >= 0.3 is 0 Å². The molecule has 2 aromatic rings. The van der Waals surface area contributed by atoms with Crippen LogP contribution in [0.1, 0.15) is 24.5 Å². The number of aliphatic hydroxyl groups excluding tert-OH is 1. The zero-order chi connectivity index (χ0) is 19.1. The first-order valence-electron chi connectivity index (χ1n) is 8.25. The lowest BCUT2D eigenvalue weighted by Crippen LogP contribution is -2.31. The average Bonchev–Trinajstić information content (AvgIpc) is 2.62. The van der Waals surface area contributed by atoms with Crippen LogP contribution >= 0.6 is 47.2 Å². The van der Waals surface area contributed by atoms with Crippen molar-refractivity contribution in [2.24, 2.45) is 0 Å². The maximum absolute atomic E-state index is 9.27. The molecule has 0 bridgehead atoms. The lowest BCUT2D eigenvalue weighted by atomic mass is 10.1. The first kappa shape index (κ1) is 24.2. The summed E-state index contributed by atoms with van der Waals surface area (Å²) < 4.78 is 11.3. The summed E-state index contributed by atoms with van der Waals surface area (Å²) >= 11 is 18.5. The molecule has 4 nitrogen and oxygen atoms in total. The molecule has 0 aromatic heterocycles. The fourth-order valence-corrected chi connectivity index (χ4v) is 3.16. The van der Waals surface area contributed by atoms with Gasteiger partial charge in [0.05, 0.1) is 18.7 Å². The van der Waals surface area contributed by atoms with Gasteiger partial charge in [-0.05, 0) is 36.2 Å². The third-order valence-electron chi connectivity index (χ3n) is 3.98. The second kappa shape index (κ2) is 11.8. The summed E-state index contributed by atoms with van der Waals surface area (Å²) in [6, 6.07) is 8.96. The Kier molecular flexibility index (Phi) is 10.6. The molecule has 0 aliphatic carbocycles. The lowest BCUT2D eigenvalue weighted by molar-refractivity contribution is 0.238. The van der Waals surface area contributed by atoms with Gasteiger partial charge in [-0.25, -0.2) is 0 Å². The molecule has 1 unspecified atom stereocenters. The quantitative estimate of drug-likeness (QED) is 0.523. The number of aliphatic hydroxyl groups is 1. The van der Waals surface area contributed by atoms with Gasteiger partial charge in [0.25, 0.3) is 0 Å². The maximum Gasteiger partial charge on any atom is 0.180 e. The lowest BCUT2D eigenvalue weighted by Gasteiger charge is -2.17. The van der Waals surface area contributed by atoms with Crippen molar-refractivity contribution in [3.05, 3.63) is 56.5 Å². The Balaban J connectivity index is 0.00000364. The minimum atomic E-state index is 0. The van der Waals surface area contributed by atoms with E-state index >= 15 is 0 Å². The van der Waals surface area contributed by atoms with Gasteiger partial charge in [0.1, 0.15) is 6.61 Å². The van der Waals surface area contributed by atoms with Crippen LogP contribution in [0.3, 0.4) is 0 Å². The fraction of sp³-hybridized carbons (Fsp3) is 0.368. The van der Waals surface area contributed by atoms with Crippen LogP contribution in [0.5, 0.6) is 11.5 Å². The van der Waals surface area contributed by atoms with E-state index in [9.17, 15) is 5.11 Å². The molecule has 27 heavy (non-hydrogen) atoms. The predicted molar refractivity (Wildman–Crippen MR) is 114 cm³/mol. The van der Waals surface area contributed by atoms with Crippen molar-refractivity contribution in [2.75, 3.05) is 13.7 Å². The van der Waals surface area contributed by atoms with Crippen LogP contribution in [0, 0.1) is 0 Å². The van der Waals surface area contributed by atoms with Crippen LogP contribution in [0.2, 0.25) is 15.1 Å². The molecule has 0 aliphatic heterocycles. The number of hydrogen-bond donors (Lipinski definition) is 2. The number of halogens is 4. The summed E-state index contributed by atoms with van der Waals surface area (Å²) in [5.74, 6) is 0.995. The summed E-state index contributed by atoms with van der Waals surface area (Å²) in [4.78, 5) is 0. The Morgan fingerprint density at radius 2 is 1.85 bits per heavy atom. The molecule has 0 fully saturated rings. The highest BCUT2D eigenvalue weighted by Gasteiger charge is 2.14. The topological polar surface area (TPSA) is 50.7 Å². The van der Waals surface area contributed by atoms with Gasteiger partial charge in [-0.3, -0.25) is 0 Å². The van der Waals surface area contributed by atoms with Gasteiger partial charge in [-0.2, -0.15) is 0 Å². The third-order valence-corrected chi connectivity index (χ3v) is 4.85. The Hall–Kier alpha value is -0.880. The molecule has 0 radical (unpaired) electrons. The SMILES string of the molecule is CCC(CO)NCc1cc(Cl)c(OCc2ccc(Cl)cc2Cl)c(OC)c1.Cl. The summed E-state index contributed by atoms with van der Waals surface area (Å²) in [5.41, 5.74) is 1.74. The van der Waals surface area contributed by atoms with Crippen LogP contribution in [-0.4, -0.2) is 24.9 Å². The number of hydrogen-bond acceptors (Lipinski definition) is 4. The Labute approximate surface area is 181 Å².